The lowest BCUT2D eigenvalue weighted by Gasteiger charge is -2.14. The van der Waals surface area contributed by atoms with Crippen LogP contribution >= 0.6 is 46.4 Å². The van der Waals surface area contributed by atoms with E-state index in [1.807, 2.05) is 0 Å². The van der Waals surface area contributed by atoms with Gasteiger partial charge in [0.1, 0.15) is 0 Å². The number of aliphatic hydroxyl groups is 1. The predicted octanol–water partition coefficient (Wildman–Crippen LogP) is 3.55. The molecule has 0 unspecified atom stereocenters. The maximum absolute atomic E-state index is 9.73. The van der Waals surface area contributed by atoms with E-state index in [2.05, 4.69) is 11.8 Å². The summed E-state index contributed by atoms with van der Waals surface area (Å²) in [5.74, 6) is 5.19. The lowest BCUT2D eigenvalue weighted by molar-refractivity contribution is 0.151. The van der Waals surface area contributed by atoms with Crippen molar-refractivity contribution in [2.24, 2.45) is 0 Å². The van der Waals surface area contributed by atoms with Crippen LogP contribution in [0.25, 0.3) is 0 Å². The first-order valence-corrected chi connectivity index (χ1v) is 6.16. The molecule has 0 bridgehead atoms. The molecule has 0 atom stereocenters. The average molecular weight is 298 g/mol. The minimum atomic E-state index is -1.40. The van der Waals surface area contributed by atoms with E-state index in [0.717, 1.165) is 0 Å². The first-order chi connectivity index (χ1) is 7.50. The maximum atomic E-state index is 9.73. The van der Waals surface area contributed by atoms with Gasteiger partial charge >= 0.3 is 0 Å². The Kier molecular flexibility index (Phi) is 5.24. The van der Waals surface area contributed by atoms with Gasteiger partial charge in [-0.3, -0.25) is 0 Å². The molecule has 86 valence electrons. The normalized spacial score (nSPS) is 10.8. The van der Waals surface area contributed by atoms with Crippen molar-refractivity contribution in [3.63, 3.8) is 0 Å². The van der Waals surface area contributed by atoms with Crippen LogP contribution in [0.15, 0.2) is 18.2 Å². The Balaban J connectivity index is 3.01. The molecule has 0 radical (unpaired) electrons. The van der Waals surface area contributed by atoms with Crippen molar-refractivity contribution in [1.82, 2.24) is 0 Å². The molecule has 16 heavy (non-hydrogen) atoms. The smallest absolute Gasteiger partial charge is 0.152 e. The molecule has 1 rings (SSSR count). The molecular weight excluding hydrogens is 290 g/mol. The molecule has 0 aromatic heterocycles. The largest absolute Gasteiger partial charge is 0.375 e. The molecular formula is C11H8Cl4O. The van der Waals surface area contributed by atoms with Crippen molar-refractivity contribution in [3.05, 3.63) is 33.8 Å². The number of alkyl halides is 2. The summed E-state index contributed by atoms with van der Waals surface area (Å²) >= 11 is 22.7. The van der Waals surface area contributed by atoms with E-state index >= 15 is 0 Å². The second-order valence-electron chi connectivity index (χ2n) is 3.17. The molecule has 0 spiro atoms. The van der Waals surface area contributed by atoms with Crippen LogP contribution in [0, 0.1) is 11.8 Å². The molecule has 0 amide bonds. The highest BCUT2D eigenvalue weighted by molar-refractivity contribution is 6.35. The van der Waals surface area contributed by atoms with Gasteiger partial charge in [-0.15, -0.1) is 23.2 Å². The van der Waals surface area contributed by atoms with Crippen LogP contribution in [0.4, 0.5) is 0 Å². The molecule has 0 fully saturated rings. The van der Waals surface area contributed by atoms with E-state index in [4.69, 9.17) is 46.4 Å². The van der Waals surface area contributed by atoms with Crippen molar-refractivity contribution in [1.29, 1.82) is 0 Å². The first-order valence-electron chi connectivity index (χ1n) is 4.33. The van der Waals surface area contributed by atoms with Crippen molar-refractivity contribution in [3.8, 4) is 11.8 Å². The highest BCUT2D eigenvalue weighted by Crippen LogP contribution is 2.20. The molecule has 0 saturated heterocycles. The first kappa shape index (κ1) is 14.0. The zero-order valence-corrected chi connectivity index (χ0v) is 11.1. The Bertz CT molecular complexity index is 429. The second kappa shape index (κ2) is 6.00. The molecule has 1 aromatic carbocycles. The van der Waals surface area contributed by atoms with Gasteiger partial charge in [0.05, 0.1) is 16.8 Å². The molecule has 0 aliphatic heterocycles. The van der Waals surface area contributed by atoms with E-state index in [1.54, 1.807) is 18.2 Å². The van der Waals surface area contributed by atoms with Crippen LogP contribution in [-0.4, -0.2) is 22.5 Å². The fourth-order valence-electron chi connectivity index (χ4n) is 0.877. The topological polar surface area (TPSA) is 20.2 Å². The van der Waals surface area contributed by atoms with Gasteiger partial charge in [-0.25, -0.2) is 0 Å². The Morgan fingerprint density at radius 3 is 2.31 bits per heavy atom. The molecule has 5 heteroatoms. The van der Waals surface area contributed by atoms with Crippen LogP contribution in [0.3, 0.4) is 0 Å². The summed E-state index contributed by atoms with van der Waals surface area (Å²) in [5.41, 5.74) is -0.828. The van der Waals surface area contributed by atoms with Gasteiger partial charge in [0.25, 0.3) is 0 Å². The molecule has 0 heterocycles. The molecule has 1 nitrogen and oxygen atoms in total. The minimum absolute atomic E-state index is 0.0608. The summed E-state index contributed by atoms with van der Waals surface area (Å²) < 4.78 is 0. The highest BCUT2D eigenvalue weighted by Gasteiger charge is 2.21. The van der Waals surface area contributed by atoms with Crippen LogP contribution in [-0.2, 0) is 0 Å². The molecule has 1 aromatic rings. The third-order valence-electron chi connectivity index (χ3n) is 1.80. The zero-order valence-electron chi connectivity index (χ0n) is 8.11. The van der Waals surface area contributed by atoms with E-state index in [0.29, 0.717) is 15.6 Å². The van der Waals surface area contributed by atoms with Crippen molar-refractivity contribution in [2.45, 2.75) is 5.60 Å². The van der Waals surface area contributed by atoms with Crippen LogP contribution < -0.4 is 0 Å². The Morgan fingerprint density at radius 1 is 1.19 bits per heavy atom. The maximum Gasteiger partial charge on any atom is 0.152 e. The minimum Gasteiger partial charge on any atom is -0.375 e. The third kappa shape index (κ3) is 3.73. The van der Waals surface area contributed by atoms with Crippen molar-refractivity contribution in [2.75, 3.05) is 11.8 Å². The number of benzene rings is 1. The monoisotopic (exact) mass is 296 g/mol. The Labute approximate surface area is 114 Å². The quantitative estimate of drug-likeness (QED) is 0.654. The molecule has 1 N–H and O–H groups in total. The Hall–Kier alpha value is -0.100. The summed E-state index contributed by atoms with van der Waals surface area (Å²) in [6, 6.07) is 4.91. The zero-order chi connectivity index (χ0) is 12.2. The fourth-order valence-corrected chi connectivity index (χ4v) is 1.75. The van der Waals surface area contributed by atoms with Gasteiger partial charge in [-0.05, 0) is 18.2 Å². The van der Waals surface area contributed by atoms with E-state index < -0.39 is 5.60 Å². The summed E-state index contributed by atoms with van der Waals surface area (Å²) in [5, 5.41) is 10.7. The lowest BCUT2D eigenvalue weighted by atomic mass is 10.1. The van der Waals surface area contributed by atoms with Gasteiger partial charge in [-0.1, -0.05) is 35.0 Å². The van der Waals surface area contributed by atoms with Crippen LogP contribution in [0.2, 0.25) is 10.0 Å². The summed E-state index contributed by atoms with van der Waals surface area (Å²) in [7, 11) is 0. The highest BCUT2D eigenvalue weighted by atomic mass is 35.5. The van der Waals surface area contributed by atoms with Crippen LogP contribution in [0.1, 0.15) is 5.56 Å². The number of halogens is 4. The molecule has 0 saturated carbocycles. The molecule has 0 aliphatic carbocycles. The van der Waals surface area contributed by atoms with Gasteiger partial charge in [0.15, 0.2) is 5.60 Å². The molecule has 0 aliphatic rings. The lowest BCUT2D eigenvalue weighted by Crippen LogP contribution is -2.30. The van der Waals surface area contributed by atoms with Crippen LogP contribution in [0.5, 0.6) is 0 Å². The van der Waals surface area contributed by atoms with Gasteiger partial charge in [0, 0.05) is 10.6 Å². The van der Waals surface area contributed by atoms with E-state index in [9.17, 15) is 5.11 Å². The summed E-state index contributed by atoms with van der Waals surface area (Å²) in [4.78, 5) is 0. The fraction of sp³-hybridized carbons (Fsp3) is 0.273. The third-order valence-corrected chi connectivity index (χ3v) is 3.24. The van der Waals surface area contributed by atoms with E-state index in [1.165, 1.54) is 0 Å². The number of hydrogen-bond donors (Lipinski definition) is 1. The Morgan fingerprint density at radius 2 is 1.81 bits per heavy atom. The van der Waals surface area contributed by atoms with Gasteiger partial charge < -0.3 is 5.11 Å². The standard InChI is InChI=1S/C11H8Cl4O/c12-6-11(16,7-13)4-3-8-1-2-9(14)5-10(8)15/h1-2,5,16H,6-7H2. The summed E-state index contributed by atoms with van der Waals surface area (Å²) in [6.07, 6.45) is 0. The summed E-state index contributed by atoms with van der Waals surface area (Å²) in [6.45, 7) is 0. The second-order valence-corrected chi connectivity index (χ2v) is 4.55. The van der Waals surface area contributed by atoms with Crippen molar-refractivity contribution < 1.29 is 5.11 Å². The van der Waals surface area contributed by atoms with Gasteiger partial charge in [0.2, 0.25) is 0 Å². The van der Waals surface area contributed by atoms with E-state index in [-0.39, 0.29) is 11.8 Å². The van der Waals surface area contributed by atoms with Gasteiger partial charge in [-0.2, -0.15) is 0 Å². The van der Waals surface area contributed by atoms with Crippen molar-refractivity contribution >= 4 is 46.4 Å². The average Bonchev–Trinajstić information content (AvgIpc) is 2.27. The predicted molar refractivity (Wildman–Crippen MR) is 69.7 cm³/mol. The number of hydrogen-bond acceptors (Lipinski definition) is 1. The SMILES string of the molecule is OC(C#Cc1ccc(Cl)cc1Cl)(CCl)CCl. The number of rotatable bonds is 2.